The molecule has 1 aromatic heterocycles. The first-order valence-corrected chi connectivity index (χ1v) is 5.45. The lowest BCUT2D eigenvalue weighted by molar-refractivity contribution is -0.403. The summed E-state index contributed by atoms with van der Waals surface area (Å²) in [6, 6.07) is 2.78. The number of hydrogen-bond donors (Lipinski definition) is 0. The first-order chi connectivity index (χ1) is 7.90. The van der Waals surface area contributed by atoms with Crippen LogP contribution in [0, 0.1) is 10.1 Å². The van der Waals surface area contributed by atoms with Crippen LogP contribution in [-0.4, -0.2) is 17.1 Å². The molecule has 0 fully saturated rings. The second-order valence-corrected chi connectivity index (χ2v) is 4.13. The molecule has 6 heteroatoms. The number of nitrogens with zero attached hydrogens (tertiary/aromatic N) is 1. The molecule has 17 heavy (non-hydrogen) atoms. The molecule has 0 saturated carbocycles. The van der Waals surface area contributed by atoms with Gasteiger partial charge in [-0.2, -0.15) is 0 Å². The van der Waals surface area contributed by atoms with Gasteiger partial charge in [0, 0.05) is 0 Å². The molecule has 0 aromatic carbocycles. The van der Waals surface area contributed by atoms with E-state index in [1.165, 1.54) is 12.1 Å². The van der Waals surface area contributed by atoms with Gasteiger partial charge in [0.25, 0.3) is 0 Å². The molecule has 0 spiro atoms. The lowest BCUT2D eigenvalue weighted by Crippen LogP contribution is -2.17. The van der Waals surface area contributed by atoms with E-state index < -0.39 is 11.2 Å². The van der Waals surface area contributed by atoms with Crippen molar-refractivity contribution in [2.24, 2.45) is 0 Å². The molecule has 6 nitrogen and oxygen atoms in total. The number of nitro groups is 1. The highest BCUT2D eigenvalue weighted by molar-refractivity contribution is 5.18. The summed E-state index contributed by atoms with van der Waals surface area (Å²) < 4.78 is 16.1. The Balaban J connectivity index is 2.83. The fraction of sp³-hybridized carbons (Fsp3) is 0.636. The van der Waals surface area contributed by atoms with Crippen molar-refractivity contribution in [1.82, 2.24) is 0 Å². The molecular weight excluding hydrogens is 226 g/mol. The minimum atomic E-state index is -0.719. The molecule has 1 aromatic rings. The molecule has 0 N–H and O–H groups in total. The third-order valence-electron chi connectivity index (χ3n) is 1.82. The zero-order chi connectivity index (χ0) is 13.0. The van der Waals surface area contributed by atoms with Crippen molar-refractivity contribution >= 4 is 5.88 Å². The third kappa shape index (κ3) is 4.16. The molecule has 0 atom stereocenters. The maximum Gasteiger partial charge on any atom is 0.433 e. The predicted molar refractivity (Wildman–Crippen MR) is 60.5 cm³/mol. The van der Waals surface area contributed by atoms with E-state index in [9.17, 15) is 10.1 Å². The van der Waals surface area contributed by atoms with Crippen LogP contribution in [0.2, 0.25) is 0 Å². The second kappa shape index (κ2) is 5.79. The normalized spacial score (nSPS) is 11.7. The van der Waals surface area contributed by atoms with Gasteiger partial charge in [0.1, 0.15) is 4.92 Å². The zero-order valence-corrected chi connectivity index (χ0v) is 10.4. The maximum atomic E-state index is 10.5. The summed E-state index contributed by atoms with van der Waals surface area (Å²) in [5, 5.41) is 10.5. The fourth-order valence-electron chi connectivity index (χ4n) is 1.23. The van der Waals surface area contributed by atoms with Crippen LogP contribution in [0.15, 0.2) is 16.5 Å². The van der Waals surface area contributed by atoms with Gasteiger partial charge in [-0.1, -0.05) is 0 Å². The predicted octanol–water partition coefficient (Wildman–Crippen LogP) is 3.04. The van der Waals surface area contributed by atoms with Gasteiger partial charge in [0.15, 0.2) is 5.76 Å². The van der Waals surface area contributed by atoms with E-state index in [1.54, 1.807) is 0 Å². The Kier molecular flexibility index (Phi) is 4.65. The highest BCUT2D eigenvalue weighted by atomic mass is 16.7. The molecule has 0 bridgehead atoms. The quantitative estimate of drug-likeness (QED) is 0.436. The average molecular weight is 243 g/mol. The van der Waals surface area contributed by atoms with Gasteiger partial charge in [-0.3, -0.25) is 10.1 Å². The van der Waals surface area contributed by atoms with Crippen LogP contribution in [0.1, 0.15) is 39.7 Å². The Labute approximate surface area is 99.7 Å². The Morgan fingerprint density at radius 3 is 2.06 bits per heavy atom. The largest absolute Gasteiger partial charge is 0.433 e. The van der Waals surface area contributed by atoms with Gasteiger partial charge in [0.05, 0.1) is 18.3 Å². The van der Waals surface area contributed by atoms with Crippen molar-refractivity contribution in [2.45, 2.75) is 46.2 Å². The van der Waals surface area contributed by atoms with Crippen molar-refractivity contribution < 1.29 is 18.8 Å². The molecule has 0 aliphatic heterocycles. The van der Waals surface area contributed by atoms with E-state index in [1.807, 2.05) is 27.7 Å². The number of rotatable bonds is 6. The van der Waals surface area contributed by atoms with Crippen molar-refractivity contribution in [3.8, 4) is 0 Å². The Morgan fingerprint density at radius 2 is 1.71 bits per heavy atom. The van der Waals surface area contributed by atoms with E-state index in [2.05, 4.69) is 0 Å². The summed E-state index contributed by atoms with van der Waals surface area (Å²) in [6.45, 7) is 7.42. The summed E-state index contributed by atoms with van der Waals surface area (Å²) >= 11 is 0. The smallest absolute Gasteiger partial charge is 0.400 e. The Bertz CT molecular complexity index is 362. The van der Waals surface area contributed by atoms with Crippen molar-refractivity contribution in [2.75, 3.05) is 0 Å². The van der Waals surface area contributed by atoms with Gasteiger partial charge in [-0.25, -0.2) is 0 Å². The highest BCUT2D eigenvalue weighted by Crippen LogP contribution is 2.27. The third-order valence-corrected chi connectivity index (χ3v) is 1.82. The molecular formula is C11H17NO5. The van der Waals surface area contributed by atoms with Crippen LogP contribution < -0.4 is 0 Å². The first kappa shape index (κ1) is 13.7. The van der Waals surface area contributed by atoms with Crippen LogP contribution in [0.25, 0.3) is 0 Å². The molecule has 0 aliphatic rings. The van der Waals surface area contributed by atoms with Gasteiger partial charge in [-0.05, 0) is 33.8 Å². The summed E-state index contributed by atoms with van der Waals surface area (Å²) in [4.78, 5) is 9.92. The van der Waals surface area contributed by atoms with E-state index in [0.29, 0.717) is 5.76 Å². The molecule has 1 rings (SSSR count). The van der Waals surface area contributed by atoms with Gasteiger partial charge < -0.3 is 13.9 Å². The van der Waals surface area contributed by atoms with E-state index >= 15 is 0 Å². The Hall–Kier alpha value is -1.40. The molecule has 96 valence electrons. The molecule has 0 radical (unpaired) electrons. The minimum absolute atomic E-state index is 0.0668. The minimum Gasteiger partial charge on any atom is -0.400 e. The highest BCUT2D eigenvalue weighted by Gasteiger charge is 2.23. The molecule has 0 aliphatic carbocycles. The lowest BCUT2D eigenvalue weighted by atomic mass is 10.4. The lowest BCUT2D eigenvalue weighted by Gasteiger charge is -2.20. The van der Waals surface area contributed by atoms with Crippen LogP contribution in [-0.2, 0) is 9.47 Å². The SMILES string of the molecule is CC(C)OC(OC(C)C)c1ccc([N+](=O)[O-])o1. The Morgan fingerprint density at radius 1 is 1.18 bits per heavy atom. The standard InChI is InChI=1S/C11H17NO5/c1-7(2)15-11(16-8(3)4)9-5-6-10(17-9)12(13)14/h5-8,11H,1-4H3. The first-order valence-electron chi connectivity index (χ1n) is 5.45. The second-order valence-electron chi connectivity index (χ2n) is 4.13. The van der Waals surface area contributed by atoms with Crippen LogP contribution in [0.4, 0.5) is 5.88 Å². The topological polar surface area (TPSA) is 74.7 Å². The summed E-state index contributed by atoms with van der Waals surface area (Å²) in [6.07, 6.45) is -0.852. The van der Waals surface area contributed by atoms with Crippen molar-refractivity contribution in [3.05, 3.63) is 28.0 Å². The maximum absolute atomic E-state index is 10.5. The van der Waals surface area contributed by atoms with Gasteiger partial charge >= 0.3 is 5.88 Å². The van der Waals surface area contributed by atoms with Crippen LogP contribution in [0.3, 0.4) is 0 Å². The summed E-state index contributed by atoms with van der Waals surface area (Å²) in [7, 11) is 0. The summed E-state index contributed by atoms with van der Waals surface area (Å²) in [5.74, 6) is -0.0104. The van der Waals surface area contributed by atoms with Crippen LogP contribution in [0.5, 0.6) is 0 Å². The van der Waals surface area contributed by atoms with E-state index in [-0.39, 0.29) is 18.1 Å². The van der Waals surface area contributed by atoms with Crippen molar-refractivity contribution in [1.29, 1.82) is 0 Å². The number of ether oxygens (including phenoxy) is 2. The number of furan rings is 1. The van der Waals surface area contributed by atoms with E-state index in [0.717, 1.165) is 0 Å². The fourth-order valence-corrected chi connectivity index (χ4v) is 1.23. The molecule has 1 heterocycles. The monoisotopic (exact) mass is 243 g/mol. The molecule has 0 unspecified atom stereocenters. The van der Waals surface area contributed by atoms with Crippen LogP contribution >= 0.6 is 0 Å². The number of hydrogen-bond acceptors (Lipinski definition) is 5. The summed E-state index contributed by atoms with van der Waals surface area (Å²) in [5.41, 5.74) is 0. The van der Waals surface area contributed by atoms with E-state index in [4.69, 9.17) is 13.9 Å². The van der Waals surface area contributed by atoms with Gasteiger partial charge in [0.2, 0.25) is 6.29 Å². The van der Waals surface area contributed by atoms with Gasteiger partial charge in [-0.15, -0.1) is 0 Å². The molecule has 0 saturated heterocycles. The van der Waals surface area contributed by atoms with Crippen molar-refractivity contribution in [3.63, 3.8) is 0 Å². The zero-order valence-electron chi connectivity index (χ0n) is 10.4. The average Bonchev–Trinajstić information content (AvgIpc) is 2.63. The molecule has 0 amide bonds.